The molecule has 0 atom stereocenters. The van der Waals surface area contributed by atoms with E-state index < -0.39 is 11.7 Å². The molecular formula is C13H11F3N2. The Balaban J connectivity index is 2.34. The van der Waals surface area contributed by atoms with E-state index in [-0.39, 0.29) is 0 Å². The summed E-state index contributed by atoms with van der Waals surface area (Å²) < 4.78 is 37.2. The molecule has 0 unspecified atom stereocenters. The third-order valence-electron chi connectivity index (χ3n) is 2.57. The highest BCUT2D eigenvalue weighted by Crippen LogP contribution is 2.31. The maximum absolute atomic E-state index is 12.4. The topological polar surface area (TPSA) is 38.0 Å². The minimum Gasteiger partial charge on any atom is -0.324 e. The van der Waals surface area contributed by atoms with Gasteiger partial charge in [0.25, 0.3) is 0 Å². The molecule has 3 N–H and O–H groups in total. The van der Waals surface area contributed by atoms with Crippen molar-refractivity contribution >= 4 is 5.69 Å². The van der Waals surface area contributed by atoms with Crippen molar-refractivity contribution in [3.8, 4) is 11.1 Å². The summed E-state index contributed by atoms with van der Waals surface area (Å²) in [4.78, 5) is 0. The lowest BCUT2D eigenvalue weighted by Crippen LogP contribution is -2.06. The van der Waals surface area contributed by atoms with Gasteiger partial charge in [-0.2, -0.15) is 13.2 Å². The Labute approximate surface area is 102 Å². The summed E-state index contributed by atoms with van der Waals surface area (Å²) in [6, 6.07) is 12.1. The molecule has 0 aliphatic rings. The zero-order valence-electron chi connectivity index (χ0n) is 9.33. The van der Waals surface area contributed by atoms with Crippen LogP contribution in [-0.4, -0.2) is 0 Å². The predicted molar refractivity (Wildman–Crippen MR) is 64.7 cm³/mol. The lowest BCUT2D eigenvalue weighted by Gasteiger charge is -2.08. The van der Waals surface area contributed by atoms with Crippen molar-refractivity contribution in [2.24, 2.45) is 5.84 Å². The monoisotopic (exact) mass is 252 g/mol. The standard InChI is InChI=1S/C13H11F3N2/c14-13(15,16)11-6-4-9(5-7-11)10-2-1-3-12(8-10)18-17/h1-8,18H,17H2. The summed E-state index contributed by atoms with van der Waals surface area (Å²) >= 11 is 0. The van der Waals surface area contributed by atoms with E-state index in [0.717, 1.165) is 17.7 Å². The smallest absolute Gasteiger partial charge is 0.324 e. The van der Waals surface area contributed by atoms with Gasteiger partial charge >= 0.3 is 6.18 Å². The highest BCUT2D eigenvalue weighted by molar-refractivity contribution is 5.68. The van der Waals surface area contributed by atoms with E-state index >= 15 is 0 Å². The molecule has 2 nitrogen and oxygen atoms in total. The Bertz CT molecular complexity index is 533. The number of rotatable bonds is 2. The molecule has 18 heavy (non-hydrogen) atoms. The molecule has 0 aromatic heterocycles. The van der Waals surface area contributed by atoms with Crippen LogP contribution in [0.2, 0.25) is 0 Å². The summed E-state index contributed by atoms with van der Waals surface area (Å²) in [7, 11) is 0. The molecule has 5 heteroatoms. The number of hydrazine groups is 1. The maximum Gasteiger partial charge on any atom is 0.416 e. The molecule has 94 valence electrons. The Morgan fingerprint density at radius 1 is 0.889 bits per heavy atom. The van der Waals surface area contributed by atoms with Crippen LogP contribution in [0.3, 0.4) is 0 Å². The average molecular weight is 252 g/mol. The van der Waals surface area contributed by atoms with Crippen LogP contribution in [-0.2, 0) is 6.18 Å². The van der Waals surface area contributed by atoms with Gasteiger partial charge in [-0.1, -0.05) is 24.3 Å². The molecule has 0 aliphatic heterocycles. The number of nitrogens with one attached hydrogen (secondary N) is 1. The van der Waals surface area contributed by atoms with Crippen molar-refractivity contribution in [3.05, 3.63) is 54.1 Å². The van der Waals surface area contributed by atoms with Crippen molar-refractivity contribution in [3.63, 3.8) is 0 Å². The first-order valence-electron chi connectivity index (χ1n) is 5.25. The summed E-state index contributed by atoms with van der Waals surface area (Å²) in [5.41, 5.74) is 4.05. The van der Waals surface area contributed by atoms with E-state index in [4.69, 9.17) is 5.84 Å². The van der Waals surface area contributed by atoms with Gasteiger partial charge in [-0.05, 0) is 35.4 Å². The SMILES string of the molecule is NNc1cccc(-c2ccc(C(F)(F)F)cc2)c1. The van der Waals surface area contributed by atoms with Gasteiger partial charge in [0.1, 0.15) is 0 Å². The molecule has 0 saturated carbocycles. The Morgan fingerprint density at radius 3 is 2.11 bits per heavy atom. The van der Waals surface area contributed by atoms with E-state index in [2.05, 4.69) is 5.43 Å². The van der Waals surface area contributed by atoms with Crippen molar-refractivity contribution in [1.82, 2.24) is 0 Å². The summed E-state index contributed by atoms with van der Waals surface area (Å²) in [6.07, 6.45) is -4.31. The molecule has 0 fully saturated rings. The van der Waals surface area contributed by atoms with Gasteiger partial charge in [0.15, 0.2) is 0 Å². The first-order valence-corrected chi connectivity index (χ1v) is 5.25. The number of benzene rings is 2. The highest BCUT2D eigenvalue weighted by atomic mass is 19.4. The van der Waals surface area contributed by atoms with Gasteiger partial charge in [-0.15, -0.1) is 0 Å². The lowest BCUT2D eigenvalue weighted by molar-refractivity contribution is -0.137. The van der Waals surface area contributed by atoms with Crippen molar-refractivity contribution in [1.29, 1.82) is 0 Å². The molecule has 2 rings (SSSR count). The van der Waals surface area contributed by atoms with E-state index in [0.29, 0.717) is 11.3 Å². The van der Waals surface area contributed by atoms with E-state index in [1.807, 2.05) is 6.07 Å². The first kappa shape index (κ1) is 12.4. The Kier molecular flexibility index (Phi) is 3.25. The molecule has 2 aromatic rings. The second kappa shape index (κ2) is 4.70. The zero-order valence-corrected chi connectivity index (χ0v) is 9.33. The molecule has 0 bridgehead atoms. The fourth-order valence-electron chi connectivity index (χ4n) is 1.64. The third-order valence-corrected chi connectivity index (χ3v) is 2.57. The van der Waals surface area contributed by atoms with Crippen LogP contribution in [0.5, 0.6) is 0 Å². The number of nitrogens with two attached hydrogens (primary N) is 1. The Hall–Kier alpha value is -2.01. The molecule has 0 heterocycles. The van der Waals surface area contributed by atoms with Crippen LogP contribution < -0.4 is 11.3 Å². The third kappa shape index (κ3) is 2.62. The van der Waals surface area contributed by atoms with Gasteiger partial charge in [0.05, 0.1) is 5.56 Å². The summed E-state index contributed by atoms with van der Waals surface area (Å²) in [5.74, 6) is 5.28. The summed E-state index contributed by atoms with van der Waals surface area (Å²) in [5, 5.41) is 0. The van der Waals surface area contributed by atoms with Gasteiger partial charge in [0.2, 0.25) is 0 Å². The molecule has 0 radical (unpaired) electrons. The van der Waals surface area contributed by atoms with Crippen molar-refractivity contribution < 1.29 is 13.2 Å². The number of anilines is 1. The Morgan fingerprint density at radius 2 is 1.56 bits per heavy atom. The van der Waals surface area contributed by atoms with E-state index in [9.17, 15) is 13.2 Å². The van der Waals surface area contributed by atoms with Crippen molar-refractivity contribution in [2.75, 3.05) is 5.43 Å². The van der Waals surface area contributed by atoms with Crippen LogP contribution in [0.25, 0.3) is 11.1 Å². The molecule has 2 aromatic carbocycles. The van der Waals surface area contributed by atoms with Crippen molar-refractivity contribution in [2.45, 2.75) is 6.18 Å². The van der Waals surface area contributed by atoms with E-state index in [1.165, 1.54) is 12.1 Å². The molecule has 0 aliphatic carbocycles. The minimum absolute atomic E-state index is 0.653. The molecule has 0 spiro atoms. The zero-order chi connectivity index (χ0) is 13.2. The largest absolute Gasteiger partial charge is 0.416 e. The van der Waals surface area contributed by atoms with Crippen LogP contribution >= 0.6 is 0 Å². The van der Waals surface area contributed by atoms with Gasteiger partial charge < -0.3 is 5.43 Å². The fourth-order valence-corrected chi connectivity index (χ4v) is 1.64. The minimum atomic E-state index is -4.31. The lowest BCUT2D eigenvalue weighted by atomic mass is 10.0. The quantitative estimate of drug-likeness (QED) is 0.632. The number of hydrogen-bond donors (Lipinski definition) is 2. The molecular weight excluding hydrogens is 241 g/mol. The van der Waals surface area contributed by atoms with E-state index in [1.54, 1.807) is 18.2 Å². The van der Waals surface area contributed by atoms with Crippen LogP contribution in [0.15, 0.2) is 48.5 Å². The van der Waals surface area contributed by atoms with Crippen LogP contribution in [0.1, 0.15) is 5.56 Å². The number of alkyl halides is 3. The maximum atomic E-state index is 12.4. The predicted octanol–water partition coefficient (Wildman–Crippen LogP) is 3.66. The second-order valence-electron chi connectivity index (χ2n) is 3.80. The summed E-state index contributed by atoms with van der Waals surface area (Å²) in [6.45, 7) is 0. The first-order chi connectivity index (χ1) is 8.50. The van der Waals surface area contributed by atoms with Crippen LogP contribution in [0, 0.1) is 0 Å². The van der Waals surface area contributed by atoms with Gasteiger partial charge in [-0.25, -0.2) is 0 Å². The molecule has 0 saturated heterocycles. The number of nitrogen functional groups attached to an aromatic ring is 1. The fraction of sp³-hybridized carbons (Fsp3) is 0.0769. The number of hydrogen-bond acceptors (Lipinski definition) is 2. The second-order valence-corrected chi connectivity index (χ2v) is 3.80. The van der Waals surface area contributed by atoms with Crippen LogP contribution in [0.4, 0.5) is 18.9 Å². The van der Waals surface area contributed by atoms with Gasteiger partial charge in [0, 0.05) is 5.69 Å². The average Bonchev–Trinajstić information content (AvgIpc) is 2.38. The highest BCUT2D eigenvalue weighted by Gasteiger charge is 2.29. The van der Waals surface area contributed by atoms with Gasteiger partial charge in [-0.3, -0.25) is 5.84 Å². The number of halogens is 3. The molecule has 0 amide bonds. The normalized spacial score (nSPS) is 11.3.